The Bertz CT molecular complexity index is 572. The summed E-state index contributed by atoms with van der Waals surface area (Å²) in [6.07, 6.45) is 1.54. The van der Waals surface area contributed by atoms with Crippen LogP contribution in [0.5, 0.6) is 5.75 Å². The molecular weight excluding hydrogens is 318 g/mol. The van der Waals surface area contributed by atoms with Crippen molar-refractivity contribution >= 4 is 29.1 Å². The van der Waals surface area contributed by atoms with Crippen LogP contribution in [0.25, 0.3) is 0 Å². The summed E-state index contributed by atoms with van der Waals surface area (Å²) in [6, 6.07) is 5.09. The summed E-state index contributed by atoms with van der Waals surface area (Å²) in [5.41, 5.74) is 0.560. The molecule has 126 valence electrons. The van der Waals surface area contributed by atoms with E-state index >= 15 is 0 Å². The summed E-state index contributed by atoms with van der Waals surface area (Å²) in [5, 5.41) is 6.04. The Kier molecular flexibility index (Phi) is 6.24. The number of nitrogens with one attached hydrogen (secondary N) is 2. The normalized spacial score (nSPS) is 16.0. The van der Waals surface area contributed by atoms with Crippen LogP contribution in [0.15, 0.2) is 18.2 Å². The van der Waals surface area contributed by atoms with Crippen molar-refractivity contribution in [3.05, 3.63) is 23.2 Å². The summed E-state index contributed by atoms with van der Waals surface area (Å²) < 4.78 is 5.21. The molecule has 0 bridgehead atoms. The molecule has 0 aromatic heterocycles. The first kappa shape index (κ1) is 17.6. The second-order valence-corrected chi connectivity index (χ2v) is 5.99. The van der Waals surface area contributed by atoms with E-state index in [1.807, 2.05) is 4.90 Å². The zero-order valence-corrected chi connectivity index (χ0v) is 14.2. The number of rotatable bonds is 5. The molecule has 1 saturated heterocycles. The first-order chi connectivity index (χ1) is 11.0. The molecule has 2 rings (SSSR count). The van der Waals surface area contributed by atoms with E-state index in [-0.39, 0.29) is 24.3 Å². The highest BCUT2D eigenvalue weighted by molar-refractivity contribution is 6.31. The van der Waals surface area contributed by atoms with E-state index in [0.29, 0.717) is 16.5 Å². The molecule has 0 atom stereocenters. The number of nitrogens with zero attached hydrogens (tertiary/aromatic N) is 1. The summed E-state index contributed by atoms with van der Waals surface area (Å²) in [4.78, 5) is 25.9. The van der Waals surface area contributed by atoms with Crippen LogP contribution in [-0.2, 0) is 9.59 Å². The molecule has 2 amide bonds. The fourth-order valence-corrected chi connectivity index (χ4v) is 2.90. The van der Waals surface area contributed by atoms with E-state index in [1.54, 1.807) is 32.4 Å². The zero-order chi connectivity index (χ0) is 16.8. The molecule has 6 nitrogen and oxygen atoms in total. The second kappa shape index (κ2) is 8.17. The van der Waals surface area contributed by atoms with Gasteiger partial charge < -0.3 is 15.4 Å². The highest BCUT2D eigenvalue weighted by atomic mass is 35.5. The van der Waals surface area contributed by atoms with Gasteiger partial charge in [0.1, 0.15) is 5.75 Å². The number of halogens is 1. The Morgan fingerprint density at radius 1 is 1.35 bits per heavy atom. The van der Waals surface area contributed by atoms with Crippen molar-refractivity contribution < 1.29 is 14.3 Å². The molecule has 1 aliphatic rings. The maximum Gasteiger partial charge on any atom is 0.238 e. The van der Waals surface area contributed by atoms with Crippen LogP contribution >= 0.6 is 11.6 Å². The molecule has 0 spiro atoms. The van der Waals surface area contributed by atoms with Crippen LogP contribution in [0.3, 0.4) is 0 Å². The fourth-order valence-electron chi connectivity index (χ4n) is 2.73. The van der Waals surface area contributed by atoms with Crippen LogP contribution in [-0.4, -0.2) is 50.5 Å². The summed E-state index contributed by atoms with van der Waals surface area (Å²) in [7, 11) is 3.20. The number of hydrogen-bond donors (Lipinski definition) is 2. The molecule has 1 aliphatic heterocycles. The number of amides is 2. The Morgan fingerprint density at radius 2 is 2.04 bits per heavy atom. The van der Waals surface area contributed by atoms with Gasteiger partial charge in [-0.2, -0.15) is 0 Å². The monoisotopic (exact) mass is 339 g/mol. The average molecular weight is 340 g/mol. The van der Waals surface area contributed by atoms with E-state index in [9.17, 15) is 9.59 Å². The summed E-state index contributed by atoms with van der Waals surface area (Å²) >= 11 is 5.95. The van der Waals surface area contributed by atoms with Gasteiger partial charge in [0.05, 0.1) is 19.3 Å². The van der Waals surface area contributed by atoms with E-state index < -0.39 is 0 Å². The molecule has 23 heavy (non-hydrogen) atoms. The molecule has 0 saturated carbocycles. The van der Waals surface area contributed by atoms with Crippen molar-refractivity contribution in [2.75, 3.05) is 39.1 Å². The topological polar surface area (TPSA) is 70.7 Å². The van der Waals surface area contributed by atoms with Crippen LogP contribution in [0.1, 0.15) is 12.8 Å². The molecule has 1 aromatic carbocycles. The highest BCUT2D eigenvalue weighted by Gasteiger charge is 2.25. The van der Waals surface area contributed by atoms with Gasteiger partial charge in [0.25, 0.3) is 0 Å². The summed E-state index contributed by atoms with van der Waals surface area (Å²) in [5.74, 6) is 0.579. The predicted octanol–water partition coefficient (Wildman–Crippen LogP) is 1.75. The number of anilines is 1. The number of piperidine rings is 1. The van der Waals surface area contributed by atoms with Crippen molar-refractivity contribution in [1.29, 1.82) is 0 Å². The number of methoxy groups -OCH3 is 1. The molecular formula is C16H22ClN3O3. The lowest BCUT2D eigenvalue weighted by Gasteiger charge is -2.30. The second-order valence-electron chi connectivity index (χ2n) is 5.56. The Balaban J connectivity index is 1.87. The predicted molar refractivity (Wildman–Crippen MR) is 89.9 cm³/mol. The quantitative estimate of drug-likeness (QED) is 0.857. The maximum atomic E-state index is 12.2. The number of carbonyl (C=O) groups is 2. The first-order valence-electron chi connectivity index (χ1n) is 7.61. The largest absolute Gasteiger partial charge is 0.495 e. The molecule has 1 fully saturated rings. The first-order valence-corrected chi connectivity index (χ1v) is 7.98. The van der Waals surface area contributed by atoms with Crippen molar-refractivity contribution in [1.82, 2.24) is 10.2 Å². The van der Waals surface area contributed by atoms with Gasteiger partial charge in [-0.15, -0.1) is 0 Å². The Hall–Kier alpha value is -1.79. The van der Waals surface area contributed by atoms with Gasteiger partial charge in [-0.1, -0.05) is 11.6 Å². The van der Waals surface area contributed by atoms with Crippen LogP contribution in [0.4, 0.5) is 5.69 Å². The molecule has 0 radical (unpaired) electrons. The Morgan fingerprint density at radius 3 is 2.65 bits per heavy atom. The van der Waals surface area contributed by atoms with Crippen LogP contribution in [0.2, 0.25) is 5.02 Å². The van der Waals surface area contributed by atoms with E-state index in [0.717, 1.165) is 25.9 Å². The minimum absolute atomic E-state index is 0.0485. The number of ether oxygens (including phenoxy) is 1. The third-order valence-corrected chi connectivity index (χ3v) is 4.24. The van der Waals surface area contributed by atoms with E-state index in [4.69, 9.17) is 16.3 Å². The SMILES string of the molecule is CNC(=O)C1CCN(CC(=O)Nc2cc(Cl)ccc2OC)CC1. The lowest BCUT2D eigenvalue weighted by molar-refractivity contribution is -0.126. The van der Waals surface area contributed by atoms with Crippen LogP contribution in [0, 0.1) is 5.92 Å². The van der Waals surface area contributed by atoms with Gasteiger partial charge in [0.2, 0.25) is 11.8 Å². The molecule has 0 aliphatic carbocycles. The fraction of sp³-hybridized carbons (Fsp3) is 0.500. The molecule has 0 unspecified atom stereocenters. The van der Waals surface area contributed by atoms with Crippen molar-refractivity contribution in [2.24, 2.45) is 5.92 Å². The number of carbonyl (C=O) groups excluding carboxylic acids is 2. The minimum atomic E-state index is -0.121. The van der Waals surface area contributed by atoms with Crippen molar-refractivity contribution in [2.45, 2.75) is 12.8 Å². The van der Waals surface area contributed by atoms with Gasteiger partial charge in [-0.05, 0) is 44.1 Å². The standard InChI is InChI=1S/C16H22ClN3O3/c1-18-16(22)11-5-7-20(8-6-11)10-15(21)19-13-9-12(17)3-4-14(13)23-2/h3-4,9,11H,5-8,10H2,1-2H3,(H,18,22)(H,19,21). The molecule has 7 heteroatoms. The third kappa shape index (κ3) is 4.84. The minimum Gasteiger partial charge on any atom is -0.495 e. The Labute approximate surface area is 141 Å². The van der Waals surface area contributed by atoms with E-state index in [2.05, 4.69) is 10.6 Å². The lowest BCUT2D eigenvalue weighted by Crippen LogP contribution is -2.42. The average Bonchev–Trinajstić information content (AvgIpc) is 2.55. The van der Waals surface area contributed by atoms with Crippen molar-refractivity contribution in [3.63, 3.8) is 0 Å². The smallest absolute Gasteiger partial charge is 0.238 e. The molecule has 1 aromatic rings. The van der Waals surface area contributed by atoms with Crippen molar-refractivity contribution in [3.8, 4) is 5.75 Å². The molecule has 1 heterocycles. The van der Waals surface area contributed by atoms with E-state index in [1.165, 1.54) is 0 Å². The van der Waals surface area contributed by atoms with Crippen LogP contribution < -0.4 is 15.4 Å². The lowest BCUT2D eigenvalue weighted by atomic mass is 9.96. The zero-order valence-electron chi connectivity index (χ0n) is 13.4. The number of hydrogen-bond acceptors (Lipinski definition) is 4. The van der Waals surface area contributed by atoms with Gasteiger partial charge >= 0.3 is 0 Å². The number of benzene rings is 1. The summed E-state index contributed by atoms with van der Waals surface area (Å²) in [6.45, 7) is 1.76. The maximum absolute atomic E-state index is 12.2. The van der Waals surface area contributed by atoms with Gasteiger partial charge in [0.15, 0.2) is 0 Å². The van der Waals surface area contributed by atoms with Gasteiger partial charge in [-0.25, -0.2) is 0 Å². The number of likely N-dealkylation sites (tertiary alicyclic amines) is 1. The third-order valence-electron chi connectivity index (χ3n) is 4.01. The van der Waals surface area contributed by atoms with Gasteiger partial charge in [-0.3, -0.25) is 14.5 Å². The molecule has 2 N–H and O–H groups in total. The highest BCUT2D eigenvalue weighted by Crippen LogP contribution is 2.27. The van der Waals surface area contributed by atoms with Gasteiger partial charge in [0, 0.05) is 18.0 Å².